The highest BCUT2D eigenvalue weighted by atomic mass is 16.3. The smallest absolute Gasteiger partial charge is 0.0543 e. The molecule has 62 valence electrons. The maximum Gasteiger partial charge on any atom is 0.0543 e. The second kappa shape index (κ2) is 3.94. The van der Waals surface area contributed by atoms with E-state index in [-0.39, 0.29) is 18.1 Å². The molecular weight excluding hydrogens is 128 g/mol. The number of hydrogen-bond acceptors (Lipinski definition) is 2. The van der Waals surface area contributed by atoms with Gasteiger partial charge in [0.15, 0.2) is 0 Å². The molecule has 2 nitrogen and oxygen atoms in total. The molecule has 0 aliphatic rings. The van der Waals surface area contributed by atoms with E-state index in [4.69, 9.17) is 5.11 Å². The van der Waals surface area contributed by atoms with Gasteiger partial charge in [0.1, 0.15) is 0 Å². The molecule has 0 amide bonds. The van der Waals surface area contributed by atoms with Gasteiger partial charge in [-0.1, -0.05) is 20.8 Å². The molecule has 0 spiro atoms. The fraction of sp³-hybridized carbons (Fsp3) is 1.00. The van der Waals surface area contributed by atoms with E-state index in [1.807, 2.05) is 20.8 Å². The maximum atomic E-state index is 9.21. The summed E-state index contributed by atoms with van der Waals surface area (Å²) >= 11 is 0. The van der Waals surface area contributed by atoms with Crippen molar-refractivity contribution in [2.24, 2.45) is 5.41 Å². The molecular formula is C8H18O2. The summed E-state index contributed by atoms with van der Waals surface area (Å²) in [5, 5.41) is 18.0. The first kappa shape index (κ1) is 9.92. The van der Waals surface area contributed by atoms with E-state index in [9.17, 15) is 5.11 Å². The summed E-state index contributed by atoms with van der Waals surface area (Å²) in [5.41, 5.74) is -0.130. The minimum Gasteiger partial charge on any atom is -0.396 e. The van der Waals surface area contributed by atoms with Crippen molar-refractivity contribution >= 4 is 0 Å². The van der Waals surface area contributed by atoms with E-state index in [0.29, 0.717) is 6.42 Å². The Morgan fingerprint density at radius 2 is 1.90 bits per heavy atom. The van der Waals surface area contributed by atoms with Crippen LogP contribution in [0.2, 0.25) is 0 Å². The molecule has 2 heteroatoms. The largest absolute Gasteiger partial charge is 0.396 e. The fourth-order valence-corrected chi connectivity index (χ4v) is 0.847. The van der Waals surface area contributed by atoms with E-state index in [0.717, 1.165) is 6.42 Å². The molecule has 1 atom stereocenters. The lowest BCUT2D eigenvalue weighted by Crippen LogP contribution is -2.23. The molecule has 0 aliphatic heterocycles. The molecule has 10 heavy (non-hydrogen) atoms. The van der Waals surface area contributed by atoms with Crippen LogP contribution in [-0.2, 0) is 0 Å². The summed E-state index contributed by atoms with van der Waals surface area (Å²) in [7, 11) is 0. The first-order valence-corrected chi connectivity index (χ1v) is 3.81. The lowest BCUT2D eigenvalue weighted by Gasteiger charge is -2.23. The molecule has 0 saturated heterocycles. The average molecular weight is 146 g/mol. The molecule has 0 rings (SSSR count). The summed E-state index contributed by atoms with van der Waals surface area (Å²) < 4.78 is 0. The number of aliphatic hydroxyl groups is 2. The Morgan fingerprint density at radius 1 is 1.40 bits per heavy atom. The normalized spacial score (nSPS) is 15.3. The van der Waals surface area contributed by atoms with Gasteiger partial charge in [-0.15, -0.1) is 0 Å². The summed E-state index contributed by atoms with van der Waals surface area (Å²) in [5.74, 6) is 0. The molecule has 0 saturated carbocycles. The summed E-state index contributed by atoms with van der Waals surface area (Å²) in [6.07, 6.45) is 1.19. The van der Waals surface area contributed by atoms with E-state index in [1.54, 1.807) is 0 Å². The molecule has 0 aliphatic carbocycles. The molecule has 0 aromatic carbocycles. The van der Waals surface area contributed by atoms with Crippen molar-refractivity contribution in [3.8, 4) is 0 Å². The highest BCUT2D eigenvalue weighted by molar-refractivity contribution is 4.70. The average Bonchev–Trinajstić information content (AvgIpc) is 1.87. The Kier molecular flexibility index (Phi) is 3.91. The summed E-state index contributed by atoms with van der Waals surface area (Å²) in [6, 6.07) is 0. The van der Waals surface area contributed by atoms with Crippen LogP contribution in [0.3, 0.4) is 0 Å². The van der Waals surface area contributed by atoms with Crippen LogP contribution in [0.4, 0.5) is 0 Å². The maximum absolute atomic E-state index is 9.21. The third-order valence-electron chi connectivity index (χ3n) is 1.69. The summed E-state index contributed by atoms with van der Waals surface area (Å²) in [4.78, 5) is 0. The molecule has 2 N–H and O–H groups in total. The zero-order chi connectivity index (χ0) is 8.20. The van der Waals surface area contributed by atoms with Crippen LogP contribution in [0.1, 0.15) is 33.6 Å². The van der Waals surface area contributed by atoms with Crippen molar-refractivity contribution in [3.63, 3.8) is 0 Å². The first-order chi connectivity index (χ1) is 4.52. The highest BCUT2D eigenvalue weighted by Crippen LogP contribution is 2.21. The molecule has 0 bridgehead atoms. The van der Waals surface area contributed by atoms with E-state index in [2.05, 4.69) is 0 Å². The molecule has 0 aromatic rings. The van der Waals surface area contributed by atoms with Crippen molar-refractivity contribution in [1.82, 2.24) is 0 Å². The monoisotopic (exact) mass is 146 g/mol. The Labute approximate surface area is 62.9 Å². The summed E-state index contributed by atoms with van der Waals surface area (Å²) in [6.45, 7) is 5.99. The van der Waals surface area contributed by atoms with Crippen LogP contribution in [0.15, 0.2) is 0 Å². The lowest BCUT2D eigenvalue weighted by molar-refractivity contribution is 0.0707. The van der Waals surface area contributed by atoms with Gasteiger partial charge in [0.2, 0.25) is 0 Å². The predicted molar refractivity (Wildman–Crippen MR) is 41.8 cm³/mol. The van der Waals surface area contributed by atoms with Gasteiger partial charge in [0, 0.05) is 6.61 Å². The first-order valence-electron chi connectivity index (χ1n) is 3.81. The third-order valence-corrected chi connectivity index (χ3v) is 1.69. The van der Waals surface area contributed by atoms with Crippen LogP contribution in [0.25, 0.3) is 0 Å². The van der Waals surface area contributed by atoms with E-state index >= 15 is 0 Å². The van der Waals surface area contributed by atoms with Gasteiger partial charge in [0.25, 0.3) is 0 Å². The fourth-order valence-electron chi connectivity index (χ4n) is 0.847. The predicted octanol–water partition coefficient (Wildman–Crippen LogP) is 1.17. The van der Waals surface area contributed by atoms with Crippen molar-refractivity contribution < 1.29 is 10.2 Å². The van der Waals surface area contributed by atoms with Gasteiger partial charge in [-0.05, 0) is 18.3 Å². The van der Waals surface area contributed by atoms with Gasteiger partial charge >= 0.3 is 0 Å². The quantitative estimate of drug-likeness (QED) is 0.625. The van der Waals surface area contributed by atoms with E-state index < -0.39 is 0 Å². The van der Waals surface area contributed by atoms with E-state index in [1.165, 1.54) is 0 Å². The van der Waals surface area contributed by atoms with Crippen molar-refractivity contribution in [2.45, 2.75) is 39.7 Å². The Morgan fingerprint density at radius 3 is 2.20 bits per heavy atom. The minimum atomic E-state index is -0.262. The van der Waals surface area contributed by atoms with Crippen LogP contribution >= 0.6 is 0 Å². The van der Waals surface area contributed by atoms with Gasteiger partial charge in [0.05, 0.1) is 6.10 Å². The zero-order valence-corrected chi connectivity index (χ0v) is 7.09. The van der Waals surface area contributed by atoms with Gasteiger partial charge in [-0.2, -0.15) is 0 Å². The zero-order valence-electron chi connectivity index (χ0n) is 7.09. The topological polar surface area (TPSA) is 40.5 Å². The second-order valence-corrected chi connectivity index (χ2v) is 3.59. The van der Waals surface area contributed by atoms with Crippen molar-refractivity contribution in [3.05, 3.63) is 0 Å². The van der Waals surface area contributed by atoms with Crippen LogP contribution in [0.5, 0.6) is 0 Å². The molecule has 1 unspecified atom stereocenters. The van der Waals surface area contributed by atoms with Crippen molar-refractivity contribution in [1.29, 1.82) is 0 Å². The second-order valence-electron chi connectivity index (χ2n) is 3.59. The van der Waals surface area contributed by atoms with Gasteiger partial charge in [-0.25, -0.2) is 0 Å². The SMILES string of the molecule is CCC(O)CC(C)(C)CO. The Balaban J connectivity index is 3.64. The lowest BCUT2D eigenvalue weighted by atomic mass is 9.87. The minimum absolute atomic E-state index is 0.130. The number of hydrogen-bond donors (Lipinski definition) is 2. The van der Waals surface area contributed by atoms with Crippen LogP contribution in [0, 0.1) is 5.41 Å². The molecule has 0 aromatic heterocycles. The molecule has 0 fully saturated rings. The number of rotatable bonds is 4. The Bertz CT molecular complexity index is 89.3. The van der Waals surface area contributed by atoms with Gasteiger partial charge < -0.3 is 10.2 Å². The standard InChI is InChI=1S/C8H18O2/c1-4-7(10)5-8(2,3)6-9/h7,9-10H,4-6H2,1-3H3. The molecule has 0 radical (unpaired) electrons. The van der Waals surface area contributed by atoms with Crippen LogP contribution in [-0.4, -0.2) is 22.9 Å². The Hall–Kier alpha value is -0.0800. The molecule has 0 heterocycles. The van der Waals surface area contributed by atoms with Crippen LogP contribution < -0.4 is 0 Å². The number of aliphatic hydroxyl groups excluding tert-OH is 2. The third kappa shape index (κ3) is 3.85. The van der Waals surface area contributed by atoms with Crippen molar-refractivity contribution in [2.75, 3.05) is 6.61 Å². The highest BCUT2D eigenvalue weighted by Gasteiger charge is 2.19. The van der Waals surface area contributed by atoms with Gasteiger partial charge in [-0.3, -0.25) is 0 Å².